The Kier molecular flexibility index (Phi) is 5.21. The predicted octanol–water partition coefficient (Wildman–Crippen LogP) is 1.64. The summed E-state index contributed by atoms with van der Waals surface area (Å²) >= 11 is 1.12. The summed E-state index contributed by atoms with van der Waals surface area (Å²) in [5, 5.41) is 8.28. The summed E-state index contributed by atoms with van der Waals surface area (Å²) < 4.78 is 32.4. The van der Waals surface area contributed by atoms with Crippen molar-refractivity contribution in [1.29, 1.82) is 0 Å². The number of piperidine rings is 1. The van der Waals surface area contributed by atoms with E-state index in [1.807, 2.05) is 6.92 Å². The standard InChI is InChI=1S/C15H20N4O4S2/c1-3-16-15(20)11-5-4-6-19(8-11)25(21,22)13-7-12(9-24-13)14-17-10(2)23-18-14/h7,9,11H,3-6,8H2,1-2H3,(H,16,20). The molecule has 0 aliphatic carbocycles. The van der Waals surface area contributed by atoms with Crippen LogP contribution in [-0.4, -0.2) is 48.4 Å². The van der Waals surface area contributed by atoms with E-state index in [0.717, 1.165) is 11.3 Å². The van der Waals surface area contributed by atoms with E-state index in [2.05, 4.69) is 15.5 Å². The van der Waals surface area contributed by atoms with Crippen molar-refractivity contribution in [3.05, 3.63) is 17.3 Å². The van der Waals surface area contributed by atoms with Gasteiger partial charge in [-0.2, -0.15) is 9.29 Å². The number of amides is 1. The first-order valence-electron chi connectivity index (χ1n) is 8.09. The van der Waals surface area contributed by atoms with E-state index in [0.29, 0.717) is 43.2 Å². The normalized spacial score (nSPS) is 19.0. The van der Waals surface area contributed by atoms with Crippen LogP contribution in [0.2, 0.25) is 0 Å². The second-order valence-electron chi connectivity index (χ2n) is 5.89. The molecule has 3 heterocycles. The molecular formula is C15H20N4O4S2. The molecule has 2 aromatic rings. The molecule has 0 aromatic carbocycles. The van der Waals surface area contributed by atoms with Gasteiger partial charge in [0.15, 0.2) is 0 Å². The summed E-state index contributed by atoms with van der Waals surface area (Å²) in [5.74, 6) is 0.403. The minimum absolute atomic E-state index is 0.0865. The molecule has 0 saturated carbocycles. The third kappa shape index (κ3) is 3.75. The Morgan fingerprint density at radius 3 is 3.00 bits per heavy atom. The monoisotopic (exact) mass is 384 g/mol. The lowest BCUT2D eigenvalue weighted by atomic mass is 9.99. The van der Waals surface area contributed by atoms with Crippen molar-refractivity contribution >= 4 is 27.3 Å². The van der Waals surface area contributed by atoms with Crippen molar-refractivity contribution in [3.8, 4) is 11.4 Å². The zero-order valence-electron chi connectivity index (χ0n) is 14.1. The second-order valence-corrected chi connectivity index (χ2v) is 8.96. The zero-order chi connectivity index (χ0) is 18.0. The van der Waals surface area contributed by atoms with E-state index < -0.39 is 10.0 Å². The number of hydrogen-bond acceptors (Lipinski definition) is 7. The average molecular weight is 384 g/mol. The fourth-order valence-corrected chi connectivity index (χ4v) is 5.64. The molecule has 1 unspecified atom stereocenters. The minimum Gasteiger partial charge on any atom is -0.356 e. The number of thiophene rings is 1. The molecule has 8 nitrogen and oxygen atoms in total. The van der Waals surface area contributed by atoms with E-state index in [1.54, 1.807) is 18.4 Å². The summed E-state index contributed by atoms with van der Waals surface area (Å²) in [6.45, 7) is 4.70. The molecule has 0 bridgehead atoms. The van der Waals surface area contributed by atoms with Crippen molar-refractivity contribution in [1.82, 2.24) is 19.8 Å². The first kappa shape index (κ1) is 18.0. The number of nitrogens with zero attached hydrogens (tertiary/aromatic N) is 3. The number of carbonyl (C=O) groups excluding carboxylic acids is 1. The summed E-state index contributed by atoms with van der Waals surface area (Å²) in [5.41, 5.74) is 0.609. The molecule has 1 atom stereocenters. The van der Waals surface area contributed by atoms with Gasteiger partial charge in [0.25, 0.3) is 10.0 Å². The fourth-order valence-electron chi connectivity index (χ4n) is 2.81. The highest BCUT2D eigenvalue weighted by molar-refractivity contribution is 7.91. The lowest BCUT2D eigenvalue weighted by molar-refractivity contribution is -0.125. The molecule has 1 aliphatic heterocycles. The number of aromatic nitrogens is 2. The average Bonchev–Trinajstić information content (AvgIpc) is 3.24. The quantitative estimate of drug-likeness (QED) is 0.840. The Morgan fingerprint density at radius 2 is 2.32 bits per heavy atom. The van der Waals surface area contributed by atoms with Crippen LogP contribution < -0.4 is 5.32 Å². The molecule has 1 saturated heterocycles. The van der Waals surface area contributed by atoms with Crippen LogP contribution in [0.25, 0.3) is 11.4 Å². The lowest BCUT2D eigenvalue weighted by Crippen LogP contribution is -2.45. The van der Waals surface area contributed by atoms with Gasteiger partial charge in [-0.1, -0.05) is 5.16 Å². The van der Waals surface area contributed by atoms with Gasteiger partial charge in [-0.25, -0.2) is 8.42 Å². The van der Waals surface area contributed by atoms with E-state index in [4.69, 9.17) is 4.52 Å². The number of aryl methyl sites for hydroxylation is 1. The molecule has 2 aromatic heterocycles. The van der Waals surface area contributed by atoms with Gasteiger partial charge in [-0.05, 0) is 25.8 Å². The van der Waals surface area contributed by atoms with Crippen LogP contribution in [0.15, 0.2) is 20.2 Å². The molecule has 1 aliphatic rings. The highest BCUT2D eigenvalue weighted by atomic mass is 32.2. The van der Waals surface area contributed by atoms with Crippen molar-refractivity contribution in [2.75, 3.05) is 19.6 Å². The highest BCUT2D eigenvalue weighted by Crippen LogP contribution is 2.31. The van der Waals surface area contributed by atoms with E-state index in [9.17, 15) is 13.2 Å². The first-order chi connectivity index (χ1) is 11.9. The molecule has 3 rings (SSSR count). The van der Waals surface area contributed by atoms with Crippen LogP contribution in [0.3, 0.4) is 0 Å². The van der Waals surface area contributed by atoms with Gasteiger partial charge in [0.1, 0.15) is 4.21 Å². The van der Waals surface area contributed by atoms with Crippen molar-refractivity contribution < 1.29 is 17.7 Å². The molecule has 0 radical (unpaired) electrons. The van der Waals surface area contributed by atoms with Crippen LogP contribution in [0.1, 0.15) is 25.7 Å². The van der Waals surface area contributed by atoms with Crippen LogP contribution in [-0.2, 0) is 14.8 Å². The molecule has 1 amide bonds. The van der Waals surface area contributed by atoms with E-state index in [1.165, 1.54) is 4.31 Å². The van der Waals surface area contributed by atoms with Crippen LogP contribution >= 0.6 is 11.3 Å². The second kappa shape index (κ2) is 7.22. The molecular weight excluding hydrogens is 364 g/mol. The number of sulfonamides is 1. The smallest absolute Gasteiger partial charge is 0.252 e. The third-order valence-electron chi connectivity index (χ3n) is 4.06. The summed E-state index contributed by atoms with van der Waals surface area (Å²) in [6.07, 6.45) is 1.37. The Balaban J connectivity index is 1.79. The first-order valence-corrected chi connectivity index (χ1v) is 10.4. The Hall–Kier alpha value is -1.78. The molecule has 0 spiro atoms. The van der Waals surface area contributed by atoms with Crippen molar-refractivity contribution in [2.45, 2.75) is 30.9 Å². The number of rotatable bonds is 5. The topological polar surface area (TPSA) is 105 Å². The summed E-state index contributed by atoms with van der Waals surface area (Å²) in [4.78, 5) is 16.2. The summed E-state index contributed by atoms with van der Waals surface area (Å²) in [6, 6.07) is 1.56. The molecule has 1 fully saturated rings. The molecule has 136 valence electrons. The zero-order valence-corrected chi connectivity index (χ0v) is 15.7. The van der Waals surface area contributed by atoms with Crippen LogP contribution in [0.4, 0.5) is 0 Å². The Labute approximate surface area is 150 Å². The van der Waals surface area contributed by atoms with Crippen molar-refractivity contribution in [2.24, 2.45) is 5.92 Å². The highest BCUT2D eigenvalue weighted by Gasteiger charge is 2.34. The molecule has 25 heavy (non-hydrogen) atoms. The number of carbonyl (C=O) groups is 1. The Morgan fingerprint density at radius 1 is 1.52 bits per heavy atom. The van der Waals surface area contributed by atoms with E-state index in [-0.39, 0.29) is 22.6 Å². The fraction of sp³-hybridized carbons (Fsp3) is 0.533. The molecule has 1 N–H and O–H groups in total. The molecule has 10 heteroatoms. The summed E-state index contributed by atoms with van der Waals surface area (Å²) in [7, 11) is -3.64. The number of hydrogen-bond donors (Lipinski definition) is 1. The lowest BCUT2D eigenvalue weighted by Gasteiger charge is -2.30. The van der Waals surface area contributed by atoms with Gasteiger partial charge in [-0.3, -0.25) is 4.79 Å². The maximum Gasteiger partial charge on any atom is 0.252 e. The number of nitrogens with one attached hydrogen (secondary N) is 1. The van der Waals surface area contributed by atoms with Crippen LogP contribution in [0.5, 0.6) is 0 Å². The van der Waals surface area contributed by atoms with Crippen LogP contribution in [0, 0.1) is 12.8 Å². The van der Waals surface area contributed by atoms with Gasteiger partial charge >= 0.3 is 0 Å². The van der Waals surface area contributed by atoms with E-state index >= 15 is 0 Å². The van der Waals surface area contributed by atoms with Gasteiger partial charge in [0.2, 0.25) is 17.6 Å². The van der Waals surface area contributed by atoms with Crippen molar-refractivity contribution in [3.63, 3.8) is 0 Å². The van der Waals surface area contributed by atoms with Gasteiger partial charge in [-0.15, -0.1) is 11.3 Å². The Bertz CT molecular complexity index is 859. The minimum atomic E-state index is -3.64. The van der Waals surface area contributed by atoms with Gasteiger partial charge < -0.3 is 9.84 Å². The van der Waals surface area contributed by atoms with Gasteiger partial charge in [0.05, 0.1) is 5.92 Å². The maximum atomic E-state index is 12.9. The largest absolute Gasteiger partial charge is 0.356 e. The maximum absolute atomic E-state index is 12.9. The third-order valence-corrected chi connectivity index (χ3v) is 7.34. The predicted molar refractivity (Wildman–Crippen MR) is 92.5 cm³/mol. The SMILES string of the molecule is CCNC(=O)C1CCCN(S(=O)(=O)c2cc(-c3noc(C)n3)cs2)C1. The van der Waals surface area contributed by atoms with Gasteiger partial charge in [0, 0.05) is 37.5 Å².